The van der Waals surface area contributed by atoms with Crippen molar-refractivity contribution in [1.82, 2.24) is 0 Å². The van der Waals surface area contributed by atoms with E-state index in [4.69, 9.17) is 33.7 Å². The average molecular weight is 225 g/mol. The van der Waals surface area contributed by atoms with Crippen molar-refractivity contribution >= 4 is 47.6 Å². The molecule has 0 radical (unpaired) electrons. The Hall–Kier alpha value is 1.73. The summed E-state index contributed by atoms with van der Waals surface area (Å²) in [5.41, 5.74) is 0.532. The lowest BCUT2D eigenvalue weighted by molar-refractivity contribution is 1.10. The van der Waals surface area contributed by atoms with Gasteiger partial charge < -0.3 is 0 Å². The maximum atomic E-state index is 5.92. The van der Waals surface area contributed by atoms with Crippen molar-refractivity contribution in [1.29, 1.82) is 0 Å². The predicted octanol–water partition coefficient (Wildman–Crippen LogP) is 4.78. The fraction of sp³-hybridized carbons (Fsp3) is 1.00. The molecule has 0 N–H and O–H groups in total. The van der Waals surface area contributed by atoms with Crippen LogP contribution < -0.4 is 0 Å². The lowest BCUT2D eigenvalue weighted by Crippen LogP contribution is -1.87. The Morgan fingerprint density at radius 3 is 1.78 bits per heavy atom. The van der Waals surface area contributed by atoms with Crippen LogP contribution in [-0.2, 0) is 0 Å². The molecule has 0 aliphatic heterocycles. The van der Waals surface area contributed by atoms with Crippen molar-refractivity contribution in [3.8, 4) is 0 Å². The Kier molecular flexibility index (Phi) is 6.43. The van der Waals surface area contributed by atoms with Crippen molar-refractivity contribution in [2.75, 3.05) is 5.90 Å². The van der Waals surface area contributed by atoms with E-state index in [1.165, 1.54) is 0 Å². The van der Waals surface area contributed by atoms with E-state index in [1.807, 2.05) is 0 Å². The molecule has 0 aromatic carbocycles. The summed E-state index contributed by atoms with van der Waals surface area (Å²) >= 11 is 17.1. The molecule has 0 aromatic rings. The minimum atomic E-state index is -0.831. The van der Waals surface area contributed by atoms with E-state index < -0.39 is 13.9 Å². The van der Waals surface area contributed by atoms with Crippen LogP contribution in [0.15, 0.2) is 0 Å². The van der Waals surface area contributed by atoms with Gasteiger partial charge in [0.05, 0.1) is 6.63 Å². The fourth-order valence-corrected chi connectivity index (χ4v) is 6.41. The van der Waals surface area contributed by atoms with E-state index in [0.29, 0.717) is 5.66 Å². The van der Waals surface area contributed by atoms with Gasteiger partial charge in [-0.15, -0.1) is 0 Å². The molecule has 0 amide bonds. The van der Waals surface area contributed by atoms with Crippen LogP contribution in [0.5, 0.6) is 0 Å². The highest BCUT2D eigenvalue weighted by molar-refractivity contribution is 8.10. The highest BCUT2D eigenvalue weighted by Gasteiger charge is 2.12. The summed E-state index contributed by atoms with van der Waals surface area (Å²) in [6.45, 7) is 3.35. The lowest BCUT2D eigenvalue weighted by atomic mass is 10.6. The van der Waals surface area contributed by atoms with Gasteiger partial charge in [-0.05, 0) is 12.9 Å². The topological polar surface area (TPSA) is 0 Å². The third-order valence-electron chi connectivity index (χ3n) is 0.802. The summed E-state index contributed by atoms with van der Waals surface area (Å²) < 4.78 is 0. The maximum absolute atomic E-state index is 5.92. The molecule has 0 heterocycles. The second-order valence-electron chi connectivity index (χ2n) is 1.94. The van der Waals surface area contributed by atoms with Crippen LogP contribution in [0.25, 0.3) is 0 Å². The van der Waals surface area contributed by atoms with Crippen LogP contribution in [0.3, 0.4) is 0 Å². The molecule has 0 aliphatic carbocycles. The van der Waals surface area contributed by atoms with Crippen LogP contribution >= 0.6 is 47.6 Å². The zero-order valence-electron chi connectivity index (χ0n) is 5.31. The van der Waals surface area contributed by atoms with E-state index in [-0.39, 0.29) is 0 Å². The highest BCUT2D eigenvalue weighted by Crippen LogP contribution is 2.61. The molecular formula is C4H9Cl3P2. The van der Waals surface area contributed by atoms with Gasteiger partial charge in [0.25, 0.3) is 0 Å². The van der Waals surface area contributed by atoms with Crippen LogP contribution in [-0.4, -0.2) is 11.6 Å². The summed E-state index contributed by atoms with van der Waals surface area (Å²) in [7, 11) is -0.442. The predicted molar refractivity (Wildman–Crippen MR) is 51.4 cm³/mol. The van der Waals surface area contributed by atoms with Gasteiger partial charge in [-0.3, -0.25) is 0 Å². The summed E-state index contributed by atoms with van der Waals surface area (Å²) in [4.78, 5) is 0. The first-order chi connectivity index (χ1) is 4.04. The van der Waals surface area contributed by atoms with Gasteiger partial charge in [0.1, 0.15) is 0 Å². The number of hydrogen-bond acceptors (Lipinski definition) is 0. The SMILES string of the molecule is CC(C)P(Cl)CP(Cl)Cl. The fourth-order valence-electron chi connectivity index (χ4n) is 0.265. The smallest absolute Gasteiger partial charge is 0.0909 e. The van der Waals surface area contributed by atoms with E-state index in [0.717, 1.165) is 5.90 Å². The molecule has 0 spiro atoms. The Morgan fingerprint density at radius 1 is 1.22 bits per heavy atom. The van der Waals surface area contributed by atoms with Crippen molar-refractivity contribution in [2.45, 2.75) is 19.5 Å². The summed E-state index contributed by atoms with van der Waals surface area (Å²) in [5, 5.41) is 0. The molecule has 1 atom stereocenters. The normalized spacial score (nSPS) is 15.0. The van der Waals surface area contributed by atoms with Gasteiger partial charge in [0.2, 0.25) is 0 Å². The minimum absolute atomic E-state index is 0.442. The zero-order valence-corrected chi connectivity index (χ0v) is 9.37. The van der Waals surface area contributed by atoms with E-state index in [9.17, 15) is 0 Å². The second-order valence-corrected chi connectivity index (χ2v) is 9.78. The Morgan fingerprint density at radius 2 is 1.67 bits per heavy atom. The van der Waals surface area contributed by atoms with Gasteiger partial charge in [0.15, 0.2) is 0 Å². The molecule has 0 saturated heterocycles. The van der Waals surface area contributed by atoms with Crippen molar-refractivity contribution in [3.05, 3.63) is 0 Å². The lowest BCUT2D eigenvalue weighted by Gasteiger charge is -2.12. The van der Waals surface area contributed by atoms with Crippen LogP contribution in [0.4, 0.5) is 0 Å². The molecule has 9 heavy (non-hydrogen) atoms. The Bertz CT molecular complexity index is 76.2. The summed E-state index contributed by atoms with van der Waals surface area (Å²) in [6, 6.07) is 0. The molecule has 1 unspecified atom stereocenters. The van der Waals surface area contributed by atoms with Crippen LogP contribution in [0.1, 0.15) is 13.8 Å². The van der Waals surface area contributed by atoms with Gasteiger partial charge in [-0.2, -0.15) is 0 Å². The Labute approximate surface area is 73.1 Å². The largest absolute Gasteiger partial charge is 0.0957 e. The molecule has 0 fully saturated rings. The molecule has 0 rings (SSSR count). The van der Waals surface area contributed by atoms with Gasteiger partial charge in [-0.1, -0.05) is 47.6 Å². The molecular weight excluding hydrogens is 216 g/mol. The van der Waals surface area contributed by atoms with E-state index >= 15 is 0 Å². The Balaban J connectivity index is 3.38. The molecule has 5 heteroatoms. The third kappa shape index (κ3) is 6.14. The zero-order chi connectivity index (χ0) is 7.44. The second kappa shape index (κ2) is 5.39. The van der Waals surface area contributed by atoms with Gasteiger partial charge in [-0.25, -0.2) is 0 Å². The van der Waals surface area contributed by atoms with Crippen LogP contribution in [0.2, 0.25) is 0 Å². The molecule has 56 valence electrons. The maximum Gasteiger partial charge on any atom is 0.0909 e. The highest BCUT2D eigenvalue weighted by atomic mass is 35.9. The van der Waals surface area contributed by atoms with Crippen molar-refractivity contribution in [3.63, 3.8) is 0 Å². The summed E-state index contributed by atoms with van der Waals surface area (Å²) in [6.07, 6.45) is 0. The van der Waals surface area contributed by atoms with Crippen LogP contribution in [0, 0.1) is 0 Å². The molecule has 0 aromatic heterocycles. The average Bonchev–Trinajstić information content (AvgIpc) is 1.63. The number of halogens is 3. The molecule has 0 bridgehead atoms. The molecule has 0 saturated carbocycles. The minimum Gasteiger partial charge on any atom is -0.0957 e. The standard InChI is InChI=1S/C4H9Cl3P2/c1-4(2)8(5)3-9(6)7/h4H,3H2,1-2H3. The molecule has 0 aliphatic rings. The van der Waals surface area contributed by atoms with E-state index in [1.54, 1.807) is 0 Å². The quantitative estimate of drug-likeness (QED) is 0.607. The molecule has 0 nitrogen and oxygen atoms in total. The van der Waals surface area contributed by atoms with Crippen molar-refractivity contribution < 1.29 is 0 Å². The number of rotatable bonds is 3. The first kappa shape index (κ1) is 10.7. The third-order valence-corrected chi connectivity index (χ3v) is 7.92. The first-order valence-corrected chi connectivity index (χ1v) is 8.39. The van der Waals surface area contributed by atoms with E-state index in [2.05, 4.69) is 13.8 Å². The number of hydrogen-bond donors (Lipinski definition) is 0. The first-order valence-electron chi connectivity index (χ1n) is 2.55. The van der Waals surface area contributed by atoms with Gasteiger partial charge >= 0.3 is 0 Å². The van der Waals surface area contributed by atoms with Crippen molar-refractivity contribution in [2.24, 2.45) is 0 Å². The summed E-state index contributed by atoms with van der Waals surface area (Å²) in [5.74, 6) is 0.799. The van der Waals surface area contributed by atoms with Gasteiger partial charge in [0, 0.05) is 5.90 Å². The monoisotopic (exact) mass is 224 g/mol.